The fourth-order valence-electron chi connectivity index (χ4n) is 2.17. The molecule has 0 spiro atoms. The number of para-hydroxylation sites is 1. The molecule has 6 nitrogen and oxygen atoms in total. The number of methoxy groups -OCH3 is 1. The Hall–Kier alpha value is -1.60. The van der Waals surface area contributed by atoms with E-state index >= 15 is 0 Å². The van der Waals surface area contributed by atoms with Gasteiger partial charge < -0.3 is 9.64 Å². The van der Waals surface area contributed by atoms with E-state index in [0.717, 1.165) is 0 Å². The number of carbonyl (C=O) groups is 1. The Bertz CT molecular complexity index is 600. The molecular formula is C13H18N2O4S. The molecule has 1 N–H and O–H groups in total. The molecule has 0 radical (unpaired) electrons. The molecule has 1 heterocycles. The first-order valence-electron chi connectivity index (χ1n) is 6.33. The minimum Gasteiger partial charge on any atom is -0.495 e. The number of amides is 1. The maximum Gasteiger partial charge on any atom is 0.244 e. The van der Waals surface area contributed by atoms with Crippen molar-refractivity contribution in [3.8, 4) is 5.75 Å². The number of nitrogens with zero attached hydrogens (tertiary/aromatic N) is 1. The second kappa shape index (κ2) is 5.80. The quantitative estimate of drug-likeness (QED) is 0.883. The van der Waals surface area contributed by atoms with Crippen LogP contribution < -0.4 is 9.46 Å². The molecule has 1 aromatic rings. The van der Waals surface area contributed by atoms with Crippen LogP contribution in [-0.4, -0.2) is 46.0 Å². The van der Waals surface area contributed by atoms with Crippen molar-refractivity contribution < 1.29 is 17.9 Å². The highest BCUT2D eigenvalue weighted by molar-refractivity contribution is 7.89. The number of nitrogens with one attached hydrogen (secondary N) is 1. The summed E-state index contributed by atoms with van der Waals surface area (Å²) in [6.07, 6.45) is 0.793. The Morgan fingerprint density at radius 3 is 2.70 bits per heavy atom. The van der Waals surface area contributed by atoms with Gasteiger partial charge in [-0.15, -0.1) is 0 Å². The van der Waals surface area contributed by atoms with Crippen LogP contribution in [0, 0.1) is 0 Å². The fraction of sp³-hybridized carbons (Fsp3) is 0.462. The largest absolute Gasteiger partial charge is 0.495 e. The second-order valence-electron chi connectivity index (χ2n) is 4.78. The van der Waals surface area contributed by atoms with E-state index in [0.29, 0.717) is 18.7 Å². The van der Waals surface area contributed by atoms with Gasteiger partial charge in [0.05, 0.1) is 7.11 Å². The number of piperidine rings is 1. The van der Waals surface area contributed by atoms with Crippen molar-refractivity contribution in [2.45, 2.75) is 23.8 Å². The number of likely N-dealkylation sites (tertiary alicyclic amines) is 1. The second-order valence-corrected chi connectivity index (χ2v) is 6.46. The summed E-state index contributed by atoms with van der Waals surface area (Å²) >= 11 is 0. The van der Waals surface area contributed by atoms with E-state index in [-0.39, 0.29) is 23.3 Å². The van der Waals surface area contributed by atoms with Gasteiger partial charge in [0.15, 0.2) is 0 Å². The lowest BCUT2D eigenvalue weighted by atomic mass is 10.1. The van der Waals surface area contributed by atoms with Gasteiger partial charge >= 0.3 is 0 Å². The maximum absolute atomic E-state index is 12.4. The molecule has 1 saturated heterocycles. The number of carbonyl (C=O) groups excluding carboxylic acids is 1. The van der Waals surface area contributed by atoms with Crippen LogP contribution in [0.5, 0.6) is 5.75 Å². The molecule has 20 heavy (non-hydrogen) atoms. The lowest BCUT2D eigenvalue weighted by molar-refractivity contribution is -0.132. The van der Waals surface area contributed by atoms with Gasteiger partial charge in [-0.3, -0.25) is 4.79 Å². The Kier molecular flexibility index (Phi) is 4.29. The summed E-state index contributed by atoms with van der Waals surface area (Å²) in [4.78, 5) is 13.3. The molecule has 0 saturated carbocycles. The predicted octanol–water partition coefficient (Wildman–Crippen LogP) is 0.594. The van der Waals surface area contributed by atoms with E-state index in [2.05, 4.69) is 4.72 Å². The van der Waals surface area contributed by atoms with E-state index in [1.807, 2.05) is 0 Å². The van der Waals surface area contributed by atoms with Gasteiger partial charge in [0.2, 0.25) is 15.9 Å². The monoisotopic (exact) mass is 298 g/mol. The number of rotatable bonds is 4. The van der Waals surface area contributed by atoms with Gasteiger partial charge in [-0.1, -0.05) is 12.1 Å². The first kappa shape index (κ1) is 14.8. The molecule has 0 aliphatic carbocycles. The van der Waals surface area contributed by atoms with E-state index in [1.54, 1.807) is 30.1 Å². The highest BCUT2D eigenvalue weighted by Gasteiger charge is 2.28. The van der Waals surface area contributed by atoms with Crippen LogP contribution in [0.1, 0.15) is 12.8 Å². The Morgan fingerprint density at radius 2 is 2.05 bits per heavy atom. The Morgan fingerprint density at radius 1 is 1.35 bits per heavy atom. The third-order valence-corrected chi connectivity index (χ3v) is 4.90. The van der Waals surface area contributed by atoms with Crippen LogP contribution in [0.15, 0.2) is 29.2 Å². The molecule has 2 rings (SSSR count). The normalized spacial score (nSPS) is 20.0. The Balaban J connectivity index is 2.17. The highest BCUT2D eigenvalue weighted by atomic mass is 32.2. The smallest absolute Gasteiger partial charge is 0.244 e. The fourth-order valence-corrected chi connectivity index (χ4v) is 3.61. The third-order valence-electron chi connectivity index (χ3n) is 3.34. The predicted molar refractivity (Wildman–Crippen MR) is 74.0 cm³/mol. The van der Waals surface area contributed by atoms with E-state index in [4.69, 9.17) is 4.74 Å². The molecule has 1 unspecified atom stereocenters. The summed E-state index contributed by atoms with van der Waals surface area (Å²) < 4.78 is 32.4. The summed E-state index contributed by atoms with van der Waals surface area (Å²) in [5.41, 5.74) is 0. The molecule has 1 fully saturated rings. The third kappa shape index (κ3) is 3.10. The lowest BCUT2D eigenvalue weighted by Crippen LogP contribution is -2.46. The SMILES string of the molecule is COc1ccccc1S(=O)(=O)NC1CCN(C)C(=O)C1. The molecule has 1 aliphatic heterocycles. The van der Waals surface area contributed by atoms with Gasteiger partial charge in [-0.25, -0.2) is 13.1 Å². The standard InChI is InChI=1S/C13H18N2O4S/c1-15-8-7-10(9-13(15)16)14-20(17,18)12-6-4-3-5-11(12)19-2/h3-6,10,14H,7-9H2,1-2H3. The van der Waals surface area contributed by atoms with Crippen LogP contribution in [0.4, 0.5) is 0 Å². The molecular weight excluding hydrogens is 280 g/mol. The van der Waals surface area contributed by atoms with Crippen LogP contribution in [0.2, 0.25) is 0 Å². The maximum atomic E-state index is 12.4. The summed E-state index contributed by atoms with van der Waals surface area (Å²) in [5, 5.41) is 0. The van der Waals surface area contributed by atoms with E-state index < -0.39 is 10.0 Å². The zero-order valence-electron chi connectivity index (χ0n) is 11.5. The summed E-state index contributed by atoms with van der Waals surface area (Å²) in [5.74, 6) is 0.239. The average molecular weight is 298 g/mol. The molecule has 1 atom stereocenters. The number of ether oxygens (including phenoxy) is 1. The molecule has 0 bridgehead atoms. The molecule has 1 aromatic carbocycles. The van der Waals surface area contributed by atoms with Crippen LogP contribution >= 0.6 is 0 Å². The summed E-state index contributed by atoms with van der Waals surface area (Å²) in [7, 11) is -0.550. The first-order valence-corrected chi connectivity index (χ1v) is 7.81. The minimum atomic E-state index is -3.69. The number of hydrogen-bond donors (Lipinski definition) is 1. The van der Waals surface area contributed by atoms with Crippen molar-refractivity contribution in [3.63, 3.8) is 0 Å². The summed E-state index contributed by atoms with van der Waals surface area (Å²) in [6.45, 7) is 0.554. The van der Waals surface area contributed by atoms with Gasteiger partial charge in [-0.2, -0.15) is 0 Å². The van der Waals surface area contributed by atoms with Crippen molar-refractivity contribution in [1.82, 2.24) is 9.62 Å². The summed E-state index contributed by atoms with van der Waals surface area (Å²) in [6, 6.07) is 6.05. The zero-order chi connectivity index (χ0) is 14.8. The van der Waals surface area contributed by atoms with E-state index in [1.165, 1.54) is 13.2 Å². The van der Waals surface area contributed by atoms with Crippen LogP contribution in [0.25, 0.3) is 0 Å². The zero-order valence-corrected chi connectivity index (χ0v) is 12.3. The topological polar surface area (TPSA) is 75.7 Å². The molecule has 110 valence electrons. The van der Waals surface area contributed by atoms with Gasteiger partial charge in [0.25, 0.3) is 0 Å². The average Bonchev–Trinajstić information content (AvgIpc) is 2.42. The van der Waals surface area contributed by atoms with E-state index in [9.17, 15) is 13.2 Å². The van der Waals surface area contributed by atoms with Crippen molar-refractivity contribution in [1.29, 1.82) is 0 Å². The van der Waals surface area contributed by atoms with Crippen molar-refractivity contribution in [2.24, 2.45) is 0 Å². The lowest BCUT2D eigenvalue weighted by Gasteiger charge is -2.29. The van der Waals surface area contributed by atoms with Gasteiger partial charge in [0.1, 0.15) is 10.6 Å². The number of hydrogen-bond acceptors (Lipinski definition) is 4. The van der Waals surface area contributed by atoms with Crippen LogP contribution in [-0.2, 0) is 14.8 Å². The van der Waals surface area contributed by atoms with Crippen molar-refractivity contribution in [2.75, 3.05) is 20.7 Å². The van der Waals surface area contributed by atoms with Crippen molar-refractivity contribution >= 4 is 15.9 Å². The Labute approximate surface area is 118 Å². The minimum absolute atomic E-state index is 0.0519. The van der Waals surface area contributed by atoms with Crippen LogP contribution in [0.3, 0.4) is 0 Å². The number of benzene rings is 1. The first-order chi connectivity index (χ1) is 9.44. The van der Waals surface area contributed by atoms with Gasteiger partial charge in [-0.05, 0) is 18.6 Å². The van der Waals surface area contributed by atoms with Crippen molar-refractivity contribution in [3.05, 3.63) is 24.3 Å². The highest BCUT2D eigenvalue weighted by Crippen LogP contribution is 2.23. The van der Waals surface area contributed by atoms with Gasteiger partial charge in [0, 0.05) is 26.1 Å². The molecule has 7 heteroatoms. The molecule has 1 amide bonds. The number of sulfonamides is 1. The molecule has 0 aromatic heterocycles. The molecule has 1 aliphatic rings.